The van der Waals surface area contributed by atoms with Crippen LogP contribution in [0.5, 0.6) is 0 Å². The van der Waals surface area contributed by atoms with Gasteiger partial charge in [0.2, 0.25) is 5.60 Å². The van der Waals surface area contributed by atoms with E-state index in [0.717, 1.165) is 23.9 Å². The second-order valence-corrected chi connectivity index (χ2v) is 10.3. The molecule has 2 amide bonds. The van der Waals surface area contributed by atoms with E-state index >= 15 is 0 Å². The molecule has 0 atom stereocenters. The normalized spacial score (nSPS) is 19.0. The van der Waals surface area contributed by atoms with E-state index < -0.39 is 17.9 Å². The van der Waals surface area contributed by atoms with Crippen LogP contribution in [-0.2, 0) is 4.74 Å². The van der Waals surface area contributed by atoms with Crippen LogP contribution in [0.1, 0.15) is 37.0 Å². The molecule has 2 fully saturated rings. The molecule has 11 heteroatoms. The molecule has 34 heavy (non-hydrogen) atoms. The molecule has 186 valence electrons. The van der Waals surface area contributed by atoms with Crippen LogP contribution in [0.2, 0.25) is 0 Å². The summed E-state index contributed by atoms with van der Waals surface area (Å²) in [4.78, 5) is 30.9. The number of amides is 2. The first-order valence-electron chi connectivity index (χ1n) is 11.3. The number of hydrogen-bond acceptors (Lipinski definition) is 6. The maximum Gasteiger partial charge on any atom is 0.427 e. The van der Waals surface area contributed by atoms with E-state index in [-0.39, 0.29) is 11.9 Å². The quantitative estimate of drug-likeness (QED) is 0.687. The van der Waals surface area contributed by atoms with Crippen LogP contribution in [0.15, 0.2) is 24.3 Å². The van der Waals surface area contributed by atoms with Crippen LogP contribution in [0.4, 0.5) is 23.0 Å². The van der Waals surface area contributed by atoms with E-state index in [0.29, 0.717) is 62.7 Å². The predicted molar refractivity (Wildman–Crippen MR) is 125 cm³/mol. The molecule has 2 aromatic rings. The Hall–Kier alpha value is -2.53. The first kappa shape index (κ1) is 24.6. The van der Waals surface area contributed by atoms with Gasteiger partial charge in [-0.15, -0.1) is 11.3 Å². The number of ether oxygens (including phenoxy) is 1. The first-order chi connectivity index (χ1) is 16.0. The molecule has 0 aliphatic carbocycles. The Morgan fingerprint density at radius 3 is 2.24 bits per heavy atom. The molecule has 3 heterocycles. The number of fused-ring (bicyclic) bond motifs is 1. The second-order valence-electron chi connectivity index (χ2n) is 9.26. The van der Waals surface area contributed by atoms with E-state index in [1.165, 1.54) is 16.2 Å². The summed E-state index contributed by atoms with van der Waals surface area (Å²) in [5.74, 6) is -0.0561. The van der Waals surface area contributed by atoms with Crippen LogP contribution in [0.3, 0.4) is 0 Å². The average Bonchev–Trinajstić information content (AvgIpc) is 3.13. The molecule has 2 N–H and O–H groups in total. The number of anilines is 1. The van der Waals surface area contributed by atoms with Crippen LogP contribution in [-0.4, -0.2) is 83.8 Å². The van der Waals surface area contributed by atoms with Gasteiger partial charge in [0.15, 0.2) is 0 Å². The molecule has 0 bridgehead atoms. The summed E-state index contributed by atoms with van der Waals surface area (Å²) in [6.45, 7) is 4.93. The number of nitrogens with zero attached hydrogens (tertiary/aromatic N) is 3. The van der Waals surface area contributed by atoms with Crippen molar-refractivity contribution in [2.24, 2.45) is 0 Å². The largest absolute Gasteiger partial charge is 0.434 e. The maximum atomic E-state index is 13.2. The highest BCUT2D eigenvalue weighted by molar-refractivity contribution is 7.23. The molecule has 0 spiro atoms. The zero-order chi connectivity index (χ0) is 24.7. The van der Waals surface area contributed by atoms with Crippen molar-refractivity contribution in [2.75, 3.05) is 45.0 Å². The Bertz CT molecular complexity index is 1060. The summed E-state index contributed by atoms with van der Waals surface area (Å²) < 4.78 is 44.7. The number of rotatable bonds is 3. The highest BCUT2D eigenvalue weighted by Gasteiger charge is 2.51. The zero-order valence-corrected chi connectivity index (χ0v) is 20.0. The lowest BCUT2D eigenvalue weighted by atomic mass is 10.0. The minimum Gasteiger partial charge on any atom is -0.434 e. The van der Waals surface area contributed by atoms with Crippen molar-refractivity contribution in [3.05, 3.63) is 29.8 Å². The highest BCUT2D eigenvalue weighted by atomic mass is 32.1. The molecule has 7 nitrogen and oxygen atoms in total. The van der Waals surface area contributed by atoms with Gasteiger partial charge in [0.25, 0.3) is 5.91 Å². The number of piperidine rings is 1. The van der Waals surface area contributed by atoms with Crippen molar-refractivity contribution in [1.29, 1.82) is 0 Å². The first-order valence-corrected chi connectivity index (χ1v) is 12.1. The van der Waals surface area contributed by atoms with Gasteiger partial charge in [-0.2, -0.15) is 13.2 Å². The summed E-state index contributed by atoms with van der Waals surface area (Å²) >= 11 is 1.42. The molecule has 1 aromatic heterocycles. The number of carbonyl (C=O) groups excluding carboxylic acids is 2. The Balaban J connectivity index is 1.29. The SMILES string of the molecule is CC(C)(OC(=O)N1CCC(N2CCN(C(=O)c3c(N)sc4ccccc34)CC2)CC1)C(F)(F)F. The average molecular weight is 499 g/mol. The fourth-order valence-electron chi connectivity index (χ4n) is 4.49. The lowest BCUT2D eigenvalue weighted by Crippen LogP contribution is -2.55. The number of alkyl halides is 3. The van der Waals surface area contributed by atoms with Crippen molar-refractivity contribution >= 4 is 38.4 Å². The minimum atomic E-state index is -4.63. The fraction of sp³-hybridized carbons (Fsp3) is 0.565. The molecule has 2 saturated heterocycles. The third kappa shape index (κ3) is 4.81. The van der Waals surface area contributed by atoms with Crippen LogP contribution < -0.4 is 5.73 Å². The summed E-state index contributed by atoms with van der Waals surface area (Å²) in [5, 5.41) is 1.41. The third-order valence-corrected chi connectivity index (χ3v) is 7.70. The van der Waals surface area contributed by atoms with Gasteiger partial charge < -0.3 is 20.3 Å². The Labute approximate surface area is 200 Å². The topological polar surface area (TPSA) is 79.1 Å². The third-order valence-electron chi connectivity index (χ3n) is 6.70. The standard InChI is InChI=1S/C23H29F3N4O3S/c1-22(2,23(24,25)26)33-21(32)30-9-7-15(8-10-30)28-11-13-29(14-12-28)20(31)18-16-5-3-4-6-17(16)34-19(18)27/h3-6,15H,7-14,27H2,1-2H3. The van der Waals surface area contributed by atoms with E-state index in [9.17, 15) is 22.8 Å². The fourth-order valence-corrected chi connectivity index (χ4v) is 5.45. The number of thiophene rings is 1. The van der Waals surface area contributed by atoms with E-state index in [4.69, 9.17) is 10.5 Å². The number of benzene rings is 1. The molecule has 2 aliphatic rings. The number of likely N-dealkylation sites (tertiary alicyclic amines) is 1. The van der Waals surface area contributed by atoms with E-state index in [1.807, 2.05) is 29.2 Å². The van der Waals surface area contributed by atoms with E-state index in [2.05, 4.69) is 4.90 Å². The Morgan fingerprint density at radius 2 is 1.62 bits per heavy atom. The highest BCUT2D eigenvalue weighted by Crippen LogP contribution is 2.35. The summed E-state index contributed by atoms with van der Waals surface area (Å²) in [6.07, 6.45) is -4.26. The van der Waals surface area contributed by atoms with Crippen molar-refractivity contribution in [3.8, 4) is 0 Å². The lowest BCUT2D eigenvalue weighted by molar-refractivity contribution is -0.246. The number of hydrogen-bond donors (Lipinski definition) is 1. The Morgan fingerprint density at radius 1 is 1.00 bits per heavy atom. The zero-order valence-electron chi connectivity index (χ0n) is 19.2. The number of carbonyl (C=O) groups is 2. The molecule has 2 aliphatic heterocycles. The molecule has 0 radical (unpaired) electrons. The van der Waals surface area contributed by atoms with Gasteiger partial charge in [0.1, 0.15) is 0 Å². The van der Waals surface area contributed by atoms with Crippen LogP contribution >= 0.6 is 11.3 Å². The predicted octanol–water partition coefficient (Wildman–Crippen LogP) is 4.18. The molecular formula is C23H29F3N4O3S. The molecule has 1 aromatic carbocycles. The van der Waals surface area contributed by atoms with Crippen LogP contribution in [0.25, 0.3) is 10.1 Å². The van der Waals surface area contributed by atoms with Gasteiger partial charge in [-0.1, -0.05) is 18.2 Å². The summed E-state index contributed by atoms with van der Waals surface area (Å²) in [7, 11) is 0. The molecular weight excluding hydrogens is 469 g/mol. The minimum absolute atomic E-state index is 0.0561. The van der Waals surface area contributed by atoms with Crippen molar-refractivity contribution in [2.45, 2.75) is 44.5 Å². The van der Waals surface area contributed by atoms with Gasteiger partial charge in [-0.25, -0.2) is 4.79 Å². The van der Waals surface area contributed by atoms with Gasteiger partial charge in [0, 0.05) is 55.4 Å². The molecule has 0 saturated carbocycles. The number of nitrogen functional groups attached to an aromatic ring is 1. The number of piperazine rings is 1. The van der Waals surface area contributed by atoms with Crippen molar-refractivity contribution < 1.29 is 27.5 Å². The summed E-state index contributed by atoms with van der Waals surface area (Å²) in [6, 6.07) is 7.91. The smallest absolute Gasteiger partial charge is 0.427 e. The lowest BCUT2D eigenvalue weighted by Gasteiger charge is -2.43. The van der Waals surface area contributed by atoms with Crippen molar-refractivity contribution in [3.63, 3.8) is 0 Å². The van der Waals surface area contributed by atoms with E-state index in [1.54, 1.807) is 0 Å². The monoisotopic (exact) mass is 498 g/mol. The molecule has 0 unspecified atom stereocenters. The van der Waals surface area contributed by atoms with Crippen LogP contribution in [0, 0.1) is 0 Å². The van der Waals surface area contributed by atoms with Gasteiger partial charge in [0.05, 0.1) is 10.6 Å². The van der Waals surface area contributed by atoms with Gasteiger partial charge in [-0.3, -0.25) is 9.69 Å². The van der Waals surface area contributed by atoms with Crippen molar-refractivity contribution in [1.82, 2.24) is 14.7 Å². The Kier molecular flexibility index (Phi) is 6.69. The molecule has 4 rings (SSSR count). The second kappa shape index (κ2) is 9.26. The number of halogens is 3. The van der Waals surface area contributed by atoms with Gasteiger partial charge >= 0.3 is 12.3 Å². The number of nitrogens with two attached hydrogens (primary N) is 1. The van der Waals surface area contributed by atoms with Gasteiger partial charge in [-0.05, 0) is 32.8 Å². The maximum absolute atomic E-state index is 13.2. The summed E-state index contributed by atoms with van der Waals surface area (Å²) in [5.41, 5.74) is 4.21.